The lowest BCUT2D eigenvalue weighted by Gasteiger charge is -2.23. The fourth-order valence-electron chi connectivity index (χ4n) is 2.33. The summed E-state index contributed by atoms with van der Waals surface area (Å²) in [6, 6.07) is 6.94. The van der Waals surface area contributed by atoms with Gasteiger partial charge in [0.25, 0.3) is 0 Å². The van der Waals surface area contributed by atoms with Crippen molar-refractivity contribution < 1.29 is 0 Å². The van der Waals surface area contributed by atoms with Gasteiger partial charge in [0, 0.05) is 42.5 Å². The average molecular weight is 281 g/mol. The summed E-state index contributed by atoms with van der Waals surface area (Å²) in [4.78, 5) is 2.34. The first-order valence-corrected chi connectivity index (χ1v) is 7.82. The van der Waals surface area contributed by atoms with Gasteiger partial charge >= 0.3 is 0 Å². The second-order valence-corrected chi connectivity index (χ2v) is 5.93. The molecule has 0 aliphatic heterocycles. The summed E-state index contributed by atoms with van der Waals surface area (Å²) in [7, 11) is 2.17. The molecule has 1 N–H and O–H groups in total. The van der Waals surface area contributed by atoms with E-state index < -0.39 is 0 Å². The standard InChI is InChI=1S/C16H25ClN2/c1-3-4-5-11-19(2)16-8-6-7-15(17)14(16)12-18-13-9-10-13/h6-8,13,18H,3-5,9-12H2,1-2H3. The Bertz CT molecular complexity index is 402. The SMILES string of the molecule is CCCCCN(C)c1cccc(Cl)c1CNC1CC1. The van der Waals surface area contributed by atoms with Crippen LogP contribution in [-0.4, -0.2) is 19.6 Å². The van der Waals surface area contributed by atoms with E-state index in [1.165, 1.54) is 43.4 Å². The molecular formula is C16H25ClN2. The highest BCUT2D eigenvalue weighted by molar-refractivity contribution is 6.31. The monoisotopic (exact) mass is 280 g/mol. The molecule has 0 saturated heterocycles. The van der Waals surface area contributed by atoms with E-state index >= 15 is 0 Å². The van der Waals surface area contributed by atoms with E-state index in [1.54, 1.807) is 0 Å². The maximum absolute atomic E-state index is 6.37. The van der Waals surface area contributed by atoms with Gasteiger partial charge in [-0.3, -0.25) is 0 Å². The highest BCUT2D eigenvalue weighted by atomic mass is 35.5. The number of rotatable bonds is 8. The zero-order valence-corrected chi connectivity index (χ0v) is 12.8. The van der Waals surface area contributed by atoms with Gasteiger partial charge in [0.05, 0.1) is 0 Å². The van der Waals surface area contributed by atoms with Crippen LogP contribution in [0.15, 0.2) is 18.2 Å². The maximum atomic E-state index is 6.37. The van der Waals surface area contributed by atoms with Gasteiger partial charge in [-0.1, -0.05) is 37.4 Å². The molecular weight excluding hydrogens is 256 g/mol. The van der Waals surface area contributed by atoms with Crippen LogP contribution in [0.1, 0.15) is 44.6 Å². The summed E-state index contributed by atoms with van der Waals surface area (Å²) in [5.74, 6) is 0. The van der Waals surface area contributed by atoms with Crippen LogP contribution < -0.4 is 10.2 Å². The number of anilines is 1. The molecule has 1 saturated carbocycles. The third-order valence-electron chi connectivity index (χ3n) is 3.75. The first-order chi connectivity index (χ1) is 9.22. The van der Waals surface area contributed by atoms with Gasteiger partial charge in [0.15, 0.2) is 0 Å². The summed E-state index contributed by atoms with van der Waals surface area (Å²) in [6.45, 7) is 4.23. The van der Waals surface area contributed by atoms with E-state index in [1.807, 2.05) is 6.07 Å². The van der Waals surface area contributed by atoms with Crippen molar-refractivity contribution in [1.82, 2.24) is 5.32 Å². The lowest BCUT2D eigenvalue weighted by Crippen LogP contribution is -2.23. The van der Waals surface area contributed by atoms with Crippen LogP contribution in [0.2, 0.25) is 5.02 Å². The Labute approximate surface area is 122 Å². The smallest absolute Gasteiger partial charge is 0.0471 e. The number of halogens is 1. The van der Waals surface area contributed by atoms with Crippen LogP contribution >= 0.6 is 11.6 Å². The van der Waals surface area contributed by atoms with Crippen molar-refractivity contribution in [1.29, 1.82) is 0 Å². The highest BCUT2D eigenvalue weighted by Gasteiger charge is 2.21. The Hall–Kier alpha value is -0.730. The zero-order chi connectivity index (χ0) is 13.7. The Morgan fingerprint density at radius 3 is 2.79 bits per heavy atom. The Morgan fingerprint density at radius 2 is 2.11 bits per heavy atom. The molecule has 0 bridgehead atoms. The number of benzene rings is 1. The molecule has 0 atom stereocenters. The first-order valence-electron chi connectivity index (χ1n) is 7.44. The molecule has 1 fully saturated rings. The van der Waals surface area contributed by atoms with Crippen LogP contribution in [0.4, 0.5) is 5.69 Å². The normalized spacial score (nSPS) is 14.7. The fourth-order valence-corrected chi connectivity index (χ4v) is 2.57. The van der Waals surface area contributed by atoms with Crippen molar-refractivity contribution in [3.63, 3.8) is 0 Å². The minimum atomic E-state index is 0.717. The fraction of sp³-hybridized carbons (Fsp3) is 0.625. The minimum absolute atomic E-state index is 0.717. The van der Waals surface area contributed by atoms with Crippen molar-refractivity contribution in [2.75, 3.05) is 18.5 Å². The predicted octanol–water partition coefficient (Wildman–Crippen LogP) is 4.22. The summed E-state index contributed by atoms with van der Waals surface area (Å²) < 4.78 is 0. The maximum Gasteiger partial charge on any atom is 0.0471 e. The molecule has 0 heterocycles. The Morgan fingerprint density at radius 1 is 1.32 bits per heavy atom. The van der Waals surface area contributed by atoms with Crippen molar-refractivity contribution >= 4 is 17.3 Å². The molecule has 0 radical (unpaired) electrons. The number of hydrogen-bond acceptors (Lipinski definition) is 2. The van der Waals surface area contributed by atoms with Crippen molar-refractivity contribution in [3.05, 3.63) is 28.8 Å². The zero-order valence-electron chi connectivity index (χ0n) is 12.1. The van der Waals surface area contributed by atoms with Gasteiger partial charge in [-0.15, -0.1) is 0 Å². The van der Waals surface area contributed by atoms with E-state index in [0.717, 1.165) is 24.2 Å². The third kappa shape index (κ3) is 4.39. The number of nitrogens with one attached hydrogen (secondary N) is 1. The van der Waals surface area contributed by atoms with E-state index in [9.17, 15) is 0 Å². The van der Waals surface area contributed by atoms with Crippen LogP contribution in [0, 0.1) is 0 Å². The highest BCUT2D eigenvalue weighted by Crippen LogP contribution is 2.28. The molecule has 2 nitrogen and oxygen atoms in total. The minimum Gasteiger partial charge on any atom is -0.374 e. The second kappa shape index (κ2) is 7.16. The van der Waals surface area contributed by atoms with Gasteiger partial charge in [-0.25, -0.2) is 0 Å². The van der Waals surface area contributed by atoms with Gasteiger partial charge in [-0.05, 0) is 31.4 Å². The Kier molecular flexibility index (Phi) is 5.53. The van der Waals surface area contributed by atoms with Crippen LogP contribution in [0.3, 0.4) is 0 Å². The lowest BCUT2D eigenvalue weighted by atomic mass is 10.1. The van der Waals surface area contributed by atoms with Gasteiger partial charge in [-0.2, -0.15) is 0 Å². The summed E-state index contributed by atoms with van der Waals surface area (Å²) in [5.41, 5.74) is 2.52. The number of unbranched alkanes of at least 4 members (excludes halogenated alkanes) is 2. The number of hydrogen-bond donors (Lipinski definition) is 1. The largest absolute Gasteiger partial charge is 0.374 e. The van der Waals surface area contributed by atoms with E-state index in [2.05, 4.69) is 36.3 Å². The topological polar surface area (TPSA) is 15.3 Å². The van der Waals surface area contributed by atoms with Crippen LogP contribution in [0.5, 0.6) is 0 Å². The van der Waals surface area contributed by atoms with E-state index in [4.69, 9.17) is 11.6 Å². The quantitative estimate of drug-likeness (QED) is 0.717. The van der Waals surface area contributed by atoms with E-state index in [0.29, 0.717) is 0 Å². The van der Waals surface area contributed by atoms with Crippen molar-refractivity contribution in [3.8, 4) is 0 Å². The predicted molar refractivity (Wildman–Crippen MR) is 84.1 cm³/mol. The van der Waals surface area contributed by atoms with Crippen LogP contribution in [-0.2, 0) is 6.54 Å². The molecule has 19 heavy (non-hydrogen) atoms. The molecule has 2 rings (SSSR count). The summed E-state index contributed by atoms with van der Waals surface area (Å²) in [5, 5.41) is 4.45. The molecule has 1 aliphatic carbocycles. The van der Waals surface area contributed by atoms with Crippen molar-refractivity contribution in [2.45, 2.75) is 51.6 Å². The first kappa shape index (κ1) is 14.7. The van der Waals surface area contributed by atoms with Gasteiger partial charge in [0.2, 0.25) is 0 Å². The summed E-state index contributed by atoms with van der Waals surface area (Å²) >= 11 is 6.37. The molecule has 1 aromatic carbocycles. The number of nitrogens with zero attached hydrogens (tertiary/aromatic N) is 1. The Balaban J connectivity index is 2.01. The van der Waals surface area contributed by atoms with Gasteiger partial charge < -0.3 is 10.2 Å². The second-order valence-electron chi connectivity index (χ2n) is 5.52. The molecule has 0 spiro atoms. The molecule has 106 valence electrons. The van der Waals surface area contributed by atoms with Crippen molar-refractivity contribution in [2.24, 2.45) is 0 Å². The molecule has 0 unspecified atom stereocenters. The third-order valence-corrected chi connectivity index (χ3v) is 4.10. The molecule has 1 aliphatic rings. The molecule has 0 amide bonds. The van der Waals surface area contributed by atoms with Gasteiger partial charge in [0.1, 0.15) is 0 Å². The van der Waals surface area contributed by atoms with Crippen LogP contribution in [0.25, 0.3) is 0 Å². The molecule has 3 heteroatoms. The average Bonchev–Trinajstić information content (AvgIpc) is 3.21. The molecule has 0 aromatic heterocycles. The molecule has 1 aromatic rings. The summed E-state index contributed by atoms with van der Waals surface area (Å²) in [6.07, 6.45) is 6.42. The lowest BCUT2D eigenvalue weighted by molar-refractivity contribution is 0.678. The van der Waals surface area contributed by atoms with E-state index in [-0.39, 0.29) is 0 Å².